The lowest BCUT2D eigenvalue weighted by Gasteiger charge is -2.06. The van der Waals surface area contributed by atoms with Crippen LogP contribution in [0.25, 0.3) is 11.1 Å². The molecule has 4 heteroatoms. The Bertz CT molecular complexity index is 604. The monoisotopic (exact) mass is 277 g/mol. The molecule has 0 radical (unpaired) electrons. The van der Waals surface area contributed by atoms with Crippen molar-refractivity contribution < 1.29 is 9.50 Å². The second-order valence-electron chi connectivity index (χ2n) is 4.92. The molecular formula is C15H13ClFNO. The molecule has 0 amide bonds. The lowest BCUT2D eigenvalue weighted by molar-refractivity contribution is 0.433. The number of aromatic hydroxyl groups is 1. The Balaban J connectivity index is 1.94. The predicted molar refractivity (Wildman–Crippen MR) is 73.8 cm³/mol. The summed E-state index contributed by atoms with van der Waals surface area (Å²) in [5, 5.41) is 9.37. The van der Waals surface area contributed by atoms with Gasteiger partial charge in [-0.1, -0.05) is 35.9 Å². The largest absolute Gasteiger partial charge is 0.505 e. The number of rotatable bonds is 2. The molecule has 3 N–H and O–H groups in total. The van der Waals surface area contributed by atoms with E-state index < -0.39 is 11.6 Å². The molecule has 2 unspecified atom stereocenters. The van der Waals surface area contributed by atoms with E-state index in [1.54, 1.807) is 0 Å². The van der Waals surface area contributed by atoms with Crippen molar-refractivity contribution in [3.05, 3.63) is 52.8 Å². The van der Waals surface area contributed by atoms with Gasteiger partial charge < -0.3 is 10.8 Å². The molecular weight excluding hydrogens is 265 g/mol. The van der Waals surface area contributed by atoms with E-state index in [0.717, 1.165) is 12.0 Å². The standard InChI is InChI=1S/C15H13ClFNO/c16-12-5-10(6-14(19)15(12)17)8-1-3-9(4-2-8)11-7-13(11)18/h1-6,11,13,19H,7,18H2. The average Bonchev–Trinajstić information content (AvgIpc) is 3.13. The van der Waals surface area contributed by atoms with Gasteiger partial charge in [0, 0.05) is 12.0 Å². The third-order valence-corrected chi connectivity index (χ3v) is 3.80. The van der Waals surface area contributed by atoms with Crippen LogP contribution >= 0.6 is 11.6 Å². The zero-order chi connectivity index (χ0) is 13.6. The van der Waals surface area contributed by atoms with E-state index in [9.17, 15) is 9.50 Å². The van der Waals surface area contributed by atoms with Crippen LogP contribution in [0, 0.1) is 5.82 Å². The first-order valence-electron chi connectivity index (χ1n) is 6.10. The average molecular weight is 278 g/mol. The molecule has 0 bridgehead atoms. The van der Waals surface area contributed by atoms with Gasteiger partial charge in [0.1, 0.15) is 0 Å². The van der Waals surface area contributed by atoms with Gasteiger partial charge >= 0.3 is 0 Å². The van der Waals surface area contributed by atoms with Crippen LogP contribution in [0.5, 0.6) is 5.75 Å². The van der Waals surface area contributed by atoms with Gasteiger partial charge in [0.25, 0.3) is 0 Å². The summed E-state index contributed by atoms with van der Waals surface area (Å²) in [6.45, 7) is 0. The summed E-state index contributed by atoms with van der Waals surface area (Å²) in [6.07, 6.45) is 1.03. The van der Waals surface area contributed by atoms with Crippen LogP contribution in [0.3, 0.4) is 0 Å². The van der Waals surface area contributed by atoms with E-state index >= 15 is 0 Å². The SMILES string of the molecule is NC1CC1c1ccc(-c2cc(O)c(F)c(Cl)c2)cc1. The highest BCUT2D eigenvalue weighted by Crippen LogP contribution is 2.39. The van der Waals surface area contributed by atoms with Crippen molar-refractivity contribution in [1.82, 2.24) is 0 Å². The maximum Gasteiger partial charge on any atom is 0.183 e. The molecule has 0 aliphatic heterocycles. The number of benzene rings is 2. The van der Waals surface area contributed by atoms with E-state index in [0.29, 0.717) is 11.5 Å². The Morgan fingerprint density at radius 1 is 1.16 bits per heavy atom. The quantitative estimate of drug-likeness (QED) is 0.880. The number of nitrogens with two attached hydrogens (primary N) is 1. The van der Waals surface area contributed by atoms with Crippen molar-refractivity contribution in [2.45, 2.75) is 18.4 Å². The van der Waals surface area contributed by atoms with E-state index in [-0.39, 0.29) is 11.1 Å². The molecule has 2 aromatic carbocycles. The molecule has 0 aromatic heterocycles. The van der Waals surface area contributed by atoms with Crippen molar-refractivity contribution in [2.24, 2.45) is 5.73 Å². The van der Waals surface area contributed by atoms with Crippen molar-refractivity contribution in [3.63, 3.8) is 0 Å². The zero-order valence-corrected chi connectivity index (χ0v) is 10.9. The molecule has 1 aliphatic carbocycles. The molecule has 2 nitrogen and oxygen atoms in total. The van der Waals surface area contributed by atoms with Crippen molar-refractivity contribution >= 4 is 11.6 Å². The summed E-state index contributed by atoms with van der Waals surface area (Å²) in [5.41, 5.74) is 8.60. The molecule has 2 atom stereocenters. The highest BCUT2D eigenvalue weighted by Gasteiger charge is 2.34. The van der Waals surface area contributed by atoms with E-state index in [2.05, 4.69) is 0 Å². The molecule has 0 heterocycles. The zero-order valence-electron chi connectivity index (χ0n) is 10.1. The molecule has 1 aliphatic rings. The molecule has 19 heavy (non-hydrogen) atoms. The number of phenols is 1. The van der Waals surface area contributed by atoms with Gasteiger partial charge in [-0.3, -0.25) is 0 Å². The second-order valence-corrected chi connectivity index (χ2v) is 5.33. The Kier molecular flexibility index (Phi) is 2.96. The summed E-state index contributed by atoms with van der Waals surface area (Å²) >= 11 is 5.73. The van der Waals surface area contributed by atoms with Crippen LogP contribution in [0.15, 0.2) is 36.4 Å². The number of phenolic OH excluding ortho intramolecular Hbond substituents is 1. The van der Waals surface area contributed by atoms with Crippen molar-refractivity contribution in [3.8, 4) is 16.9 Å². The first kappa shape index (κ1) is 12.5. The van der Waals surface area contributed by atoms with Gasteiger partial charge in [0.2, 0.25) is 0 Å². The van der Waals surface area contributed by atoms with Gasteiger partial charge in [-0.2, -0.15) is 0 Å². The highest BCUT2D eigenvalue weighted by molar-refractivity contribution is 6.31. The fourth-order valence-electron chi connectivity index (χ4n) is 2.26. The van der Waals surface area contributed by atoms with Crippen LogP contribution in [-0.4, -0.2) is 11.1 Å². The molecule has 1 saturated carbocycles. The maximum atomic E-state index is 13.3. The molecule has 98 valence electrons. The fourth-order valence-corrected chi connectivity index (χ4v) is 2.48. The van der Waals surface area contributed by atoms with Gasteiger partial charge in [0.15, 0.2) is 11.6 Å². The molecule has 3 rings (SSSR count). The van der Waals surface area contributed by atoms with Gasteiger partial charge in [-0.25, -0.2) is 4.39 Å². The Labute approximate surface area is 115 Å². The number of hydrogen-bond acceptors (Lipinski definition) is 2. The first-order chi connectivity index (χ1) is 9.06. The van der Waals surface area contributed by atoms with Crippen LogP contribution in [0.4, 0.5) is 4.39 Å². The van der Waals surface area contributed by atoms with Crippen LogP contribution in [-0.2, 0) is 0 Å². The lowest BCUT2D eigenvalue weighted by atomic mass is 10.0. The van der Waals surface area contributed by atoms with E-state index in [1.807, 2.05) is 24.3 Å². The van der Waals surface area contributed by atoms with E-state index in [4.69, 9.17) is 17.3 Å². The summed E-state index contributed by atoms with van der Waals surface area (Å²) < 4.78 is 13.3. The summed E-state index contributed by atoms with van der Waals surface area (Å²) in [7, 11) is 0. The van der Waals surface area contributed by atoms with Crippen molar-refractivity contribution in [2.75, 3.05) is 0 Å². The highest BCUT2D eigenvalue weighted by atomic mass is 35.5. The minimum Gasteiger partial charge on any atom is -0.505 e. The minimum atomic E-state index is -0.786. The Morgan fingerprint density at radius 2 is 1.79 bits per heavy atom. The van der Waals surface area contributed by atoms with E-state index in [1.165, 1.54) is 17.7 Å². The van der Waals surface area contributed by atoms with Crippen molar-refractivity contribution in [1.29, 1.82) is 0 Å². The topological polar surface area (TPSA) is 46.2 Å². The van der Waals surface area contributed by atoms with Crippen LogP contribution in [0.1, 0.15) is 17.9 Å². The smallest absolute Gasteiger partial charge is 0.183 e. The van der Waals surface area contributed by atoms with Gasteiger partial charge in [-0.15, -0.1) is 0 Å². The normalized spacial score (nSPS) is 21.4. The Morgan fingerprint density at radius 3 is 2.32 bits per heavy atom. The van der Waals surface area contributed by atoms with Crippen LogP contribution in [0.2, 0.25) is 5.02 Å². The summed E-state index contributed by atoms with van der Waals surface area (Å²) in [4.78, 5) is 0. The molecule has 2 aromatic rings. The number of hydrogen-bond donors (Lipinski definition) is 2. The molecule has 0 saturated heterocycles. The molecule has 1 fully saturated rings. The maximum absolute atomic E-state index is 13.3. The second kappa shape index (κ2) is 4.51. The van der Waals surface area contributed by atoms with Gasteiger partial charge in [0.05, 0.1) is 5.02 Å². The minimum absolute atomic E-state index is 0.0803. The summed E-state index contributed by atoms with van der Waals surface area (Å²) in [5.74, 6) is -0.763. The van der Waals surface area contributed by atoms with Crippen LogP contribution < -0.4 is 5.73 Å². The predicted octanol–water partition coefficient (Wildman–Crippen LogP) is 3.67. The third kappa shape index (κ3) is 2.31. The fraction of sp³-hybridized carbons (Fsp3) is 0.200. The number of halogens is 2. The third-order valence-electron chi connectivity index (χ3n) is 3.52. The lowest BCUT2D eigenvalue weighted by Crippen LogP contribution is -2.00. The first-order valence-corrected chi connectivity index (χ1v) is 6.48. The van der Waals surface area contributed by atoms with Gasteiger partial charge in [-0.05, 0) is 35.2 Å². The molecule has 0 spiro atoms. The Hall–Kier alpha value is -1.58. The summed E-state index contributed by atoms with van der Waals surface area (Å²) in [6, 6.07) is 11.1.